The van der Waals surface area contributed by atoms with Crippen molar-refractivity contribution in [2.45, 2.75) is 53.2 Å². The average molecular weight is 323 g/mol. The van der Waals surface area contributed by atoms with Gasteiger partial charge in [0, 0.05) is 39.5 Å². The van der Waals surface area contributed by atoms with E-state index >= 15 is 0 Å². The van der Waals surface area contributed by atoms with Crippen LogP contribution in [0.1, 0.15) is 39.2 Å². The lowest BCUT2D eigenvalue weighted by Gasteiger charge is -2.21. The van der Waals surface area contributed by atoms with Gasteiger partial charge in [0.1, 0.15) is 0 Å². The van der Waals surface area contributed by atoms with E-state index in [0.717, 1.165) is 45.0 Å². The average Bonchev–Trinajstić information content (AvgIpc) is 2.93. The van der Waals surface area contributed by atoms with Gasteiger partial charge in [-0.25, -0.2) is 0 Å². The molecule has 0 bridgehead atoms. The third kappa shape index (κ3) is 8.02. The van der Waals surface area contributed by atoms with E-state index in [1.54, 1.807) is 7.05 Å². The van der Waals surface area contributed by atoms with Crippen LogP contribution in [0.4, 0.5) is 0 Å². The van der Waals surface area contributed by atoms with E-state index in [0.29, 0.717) is 12.0 Å². The molecule has 0 radical (unpaired) electrons. The molecule has 1 atom stereocenters. The first-order valence-electron chi connectivity index (χ1n) is 8.62. The van der Waals surface area contributed by atoms with Crippen molar-refractivity contribution in [1.82, 2.24) is 20.4 Å². The van der Waals surface area contributed by atoms with E-state index in [9.17, 15) is 0 Å². The molecule has 0 aromatic carbocycles. The molecule has 1 aromatic rings. The number of rotatable bonds is 10. The van der Waals surface area contributed by atoms with Crippen LogP contribution in [0.15, 0.2) is 17.4 Å². The highest BCUT2D eigenvalue weighted by Crippen LogP contribution is 2.09. The molecule has 1 aromatic heterocycles. The van der Waals surface area contributed by atoms with E-state index in [1.807, 2.05) is 17.8 Å². The number of aliphatic imine (C=N–C) groups is 1. The number of aromatic nitrogens is 2. The van der Waals surface area contributed by atoms with Gasteiger partial charge in [0.15, 0.2) is 5.96 Å². The molecular weight excluding hydrogens is 290 g/mol. The maximum atomic E-state index is 5.76. The van der Waals surface area contributed by atoms with E-state index in [4.69, 9.17) is 4.74 Å². The molecule has 2 N–H and O–H groups in total. The molecule has 6 heteroatoms. The summed E-state index contributed by atoms with van der Waals surface area (Å²) in [6.07, 6.45) is 6.24. The molecule has 132 valence electrons. The first-order valence-corrected chi connectivity index (χ1v) is 8.62. The minimum atomic E-state index is 0.300. The second-order valence-corrected chi connectivity index (χ2v) is 6.09. The second kappa shape index (κ2) is 11.0. The largest absolute Gasteiger partial charge is 0.378 e. The minimum absolute atomic E-state index is 0.300. The maximum absolute atomic E-state index is 5.76. The van der Waals surface area contributed by atoms with Crippen LogP contribution in [0, 0.1) is 12.8 Å². The Hall–Kier alpha value is -1.56. The van der Waals surface area contributed by atoms with Gasteiger partial charge in [-0.05, 0) is 38.2 Å². The zero-order chi connectivity index (χ0) is 17.1. The van der Waals surface area contributed by atoms with Crippen molar-refractivity contribution in [3.8, 4) is 0 Å². The summed E-state index contributed by atoms with van der Waals surface area (Å²) in [5, 5.41) is 11.0. The number of ether oxygens (including phenoxy) is 1. The Kier molecular flexibility index (Phi) is 9.36. The summed E-state index contributed by atoms with van der Waals surface area (Å²) in [7, 11) is 1.80. The summed E-state index contributed by atoms with van der Waals surface area (Å²) in [6.45, 7) is 11.9. The standard InChI is InChI=1S/C17H33N5O/c1-6-23-16(14(2)3)8-10-20-17(18-5)19-9-7-11-22-13-15(4)12-21-22/h12-14,16H,6-11H2,1-5H3,(H2,18,19,20). The molecule has 0 amide bonds. The van der Waals surface area contributed by atoms with Gasteiger partial charge in [0.2, 0.25) is 0 Å². The zero-order valence-electron chi connectivity index (χ0n) is 15.3. The molecule has 1 rings (SSSR count). The molecule has 0 aliphatic rings. The summed E-state index contributed by atoms with van der Waals surface area (Å²) in [5.74, 6) is 1.38. The molecule has 1 unspecified atom stereocenters. The Morgan fingerprint density at radius 3 is 2.65 bits per heavy atom. The van der Waals surface area contributed by atoms with Crippen LogP contribution in [-0.2, 0) is 11.3 Å². The third-order valence-electron chi connectivity index (χ3n) is 3.69. The number of aryl methyl sites for hydroxylation is 2. The Bertz CT molecular complexity index is 456. The number of guanidine groups is 1. The summed E-state index contributed by atoms with van der Waals surface area (Å²) in [5.41, 5.74) is 1.20. The van der Waals surface area contributed by atoms with Gasteiger partial charge in [-0.3, -0.25) is 9.67 Å². The van der Waals surface area contributed by atoms with E-state index in [-0.39, 0.29) is 0 Å². The Morgan fingerprint density at radius 1 is 1.35 bits per heavy atom. The predicted octanol–water partition coefficient (Wildman–Crippen LogP) is 2.20. The lowest BCUT2D eigenvalue weighted by molar-refractivity contribution is 0.0258. The van der Waals surface area contributed by atoms with Gasteiger partial charge >= 0.3 is 0 Å². The molecule has 0 spiro atoms. The van der Waals surface area contributed by atoms with Crippen LogP contribution in [0.25, 0.3) is 0 Å². The smallest absolute Gasteiger partial charge is 0.190 e. The summed E-state index contributed by atoms with van der Waals surface area (Å²) in [6, 6.07) is 0. The predicted molar refractivity (Wildman–Crippen MR) is 95.8 cm³/mol. The van der Waals surface area contributed by atoms with Crippen LogP contribution >= 0.6 is 0 Å². The lowest BCUT2D eigenvalue weighted by Crippen LogP contribution is -2.39. The molecule has 0 saturated heterocycles. The summed E-state index contributed by atoms with van der Waals surface area (Å²) >= 11 is 0. The fourth-order valence-electron chi connectivity index (χ4n) is 2.41. The second-order valence-electron chi connectivity index (χ2n) is 6.09. The lowest BCUT2D eigenvalue weighted by atomic mass is 10.0. The Labute approximate surface area is 140 Å². The maximum Gasteiger partial charge on any atom is 0.190 e. The molecule has 1 heterocycles. The Morgan fingerprint density at radius 2 is 2.09 bits per heavy atom. The fourth-order valence-corrected chi connectivity index (χ4v) is 2.41. The molecule has 0 aliphatic carbocycles. The van der Waals surface area contributed by atoms with Gasteiger partial charge in [0.25, 0.3) is 0 Å². The molecule has 23 heavy (non-hydrogen) atoms. The van der Waals surface area contributed by atoms with Crippen molar-refractivity contribution in [2.24, 2.45) is 10.9 Å². The van der Waals surface area contributed by atoms with Gasteiger partial charge < -0.3 is 15.4 Å². The topological polar surface area (TPSA) is 63.5 Å². The van der Waals surface area contributed by atoms with Crippen molar-refractivity contribution in [2.75, 3.05) is 26.7 Å². The van der Waals surface area contributed by atoms with E-state index in [2.05, 4.69) is 47.7 Å². The van der Waals surface area contributed by atoms with Crippen molar-refractivity contribution in [3.05, 3.63) is 18.0 Å². The van der Waals surface area contributed by atoms with Gasteiger partial charge in [0.05, 0.1) is 12.3 Å². The first kappa shape index (κ1) is 19.5. The van der Waals surface area contributed by atoms with Crippen LogP contribution in [0.3, 0.4) is 0 Å². The molecule has 0 saturated carbocycles. The highest BCUT2D eigenvalue weighted by Gasteiger charge is 2.12. The van der Waals surface area contributed by atoms with Crippen LogP contribution in [-0.4, -0.2) is 48.6 Å². The third-order valence-corrected chi connectivity index (χ3v) is 3.69. The van der Waals surface area contributed by atoms with Crippen molar-refractivity contribution in [3.63, 3.8) is 0 Å². The Balaban J connectivity index is 2.18. The van der Waals surface area contributed by atoms with Crippen molar-refractivity contribution < 1.29 is 4.74 Å². The van der Waals surface area contributed by atoms with E-state index in [1.165, 1.54) is 5.56 Å². The number of nitrogens with zero attached hydrogens (tertiary/aromatic N) is 3. The van der Waals surface area contributed by atoms with E-state index < -0.39 is 0 Å². The fraction of sp³-hybridized carbons (Fsp3) is 0.765. The quantitative estimate of drug-likeness (QED) is 0.394. The number of nitrogens with one attached hydrogen (secondary N) is 2. The minimum Gasteiger partial charge on any atom is -0.378 e. The highest BCUT2D eigenvalue weighted by atomic mass is 16.5. The summed E-state index contributed by atoms with van der Waals surface area (Å²) < 4.78 is 7.73. The molecule has 0 aliphatic heterocycles. The van der Waals surface area contributed by atoms with Gasteiger partial charge in [-0.1, -0.05) is 13.8 Å². The normalized spacial score (nSPS) is 13.4. The number of hydrogen-bond acceptors (Lipinski definition) is 3. The van der Waals surface area contributed by atoms with Crippen LogP contribution < -0.4 is 10.6 Å². The molecule has 0 fully saturated rings. The molecular formula is C17H33N5O. The zero-order valence-corrected chi connectivity index (χ0v) is 15.3. The van der Waals surface area contributed by atoms with Gasteiger partial charge in [-0.15, -0.1) is 0 Å². The van der Waals surface area contributed by atoms with Crippen molar-refractivity contribution >= 4 is 5.96 Å². The summed E-state index contributed by atoms with van der Waals surface area (Å²) in [4.78, 5) is 4.26. The highest BCUT2D eigenvalue weighted by molar-refractivity contribution is 5.79. The van der Waals surface area contributed by atoms with Crippen LogP contribution in [0.2, 0.25) is 0 Å². The number of hydrogen-bond donors (Lipinski definition) is 2. The monoisotopic (exact) mass is 323 g/mol. The molecule has 6 nitrogen and oxygen atoms in total. The van der Waals surface area contributed by atoms with Gasteiger partial charge in [-0.2, -0.15) is 5.10 Å². The van der Waals surface area contributed by atoms with Crippen molar-refractivity contribution in [1.29, 1.82) is 0 Å². The van der Waals surface area contributed by atoms with Crippen LogP contribution in [0.5, 0.6) is 0 Å². The SMILES string of the molecule is CCOC(CCNC(=NC)NCCCn1cc(C)cn1)C(C)C. The first-order chi connectivity index (χ1) is 11.1.